The van der Waals surface area contributed by atoms with Crippen molar-refractivity contribution in [3.8, 4) is 11.8 Å². The third-order valence-corrected chi connectivity index (χ3v) is 5.37. The SMILES string of the molecule is Cc1ccc(C#CCO)cc1S(=O)(=O)N(C)CC1CC1. The molecule has 20 heavy (non-hydrogen) atoms. The van der Waals surface area contributed by atoms with Crippen LogP contribution in [0, 0.1) is 24.7 Å². The van der Waals surface area contributed by atoms with Crippen LogP contribution >= 0.6 is 0 Å². The van der Waals surface area contributed by atoms with Crippen LogP contribution in [0.5, 0.6) is 0 Å². The monoisotopic (exact) mass is 293 g/mol. The minimum Gasteiger partial charge on any atom is -0.384 e. The predicted octanol–water partition coefficient (Wildman–Crippen LogP) is 1.37. The summed E-state index contributed by atoms with van der Waals surface area (Å²) in [5.74, 6) is 5.78. The van der Waals surface area contributed by atoms with Gasteiger partial charge >= 0.3 is 0 Å². The standard InChI is InChI=1S/C15H19NO3S/c1-12-5-6-13(4-3-9-17)10-15(12)20(18,19)16(2)11-14-7-8-14/h5-6,10,14,17H,7-9,11H2,1-2H3. The van der Waals surface area contributed by atoms with Crippen LogP contribution in [0.3, 0.4) is 0 Å². The summed E-state index contributed by atoms with van der Waals surface area (Å²) in [5, 5.41) is 8.71. The molecule has 1 saturated carbocycles. The Morgan fingerprint density at radius 2 is 2.10 bits per heavy atom. The van der Waals surface area contributed by atoms with Crippen LogP contribution in [0.15, 0.2) is 23.1 Å². The number of hydrogen-bond acceptors (Lipinski definition) is 3. The summed E-state index contributed by atoms with van der Waals surface area (Å²) in [6.45, 7) is 2.12. The second-order valence-corrected chi connectivity index (χ2v) is 7.18. The second-order valence-electron chi connectivity index (χ2n) is 5.17. The van der Waals surface area contributed by atoms with Gasteiger partial charge in [-0.05, 0) is 43.4 Å². The highest BCUT2D eigenvalue weighted by Gasteiger charge is 2.29. The highest BCUT2D eigenvalue weighted by Crippen LogP contribution is 2.31. The first-order valence-electron chi connectivity index (χ1n) is 6.62. The van der Waals surface area contributed by atoms with Gasteiger partial charge in [-0.25, -0.2) is 12.7 Å². The Kier molecular flexibility index (Phi) is 4.48. The number of aliphatic hydroxyl groups excluding tert-OH is 1. The van der Waals surface area contributed by atoms with Crippen LogP contribution < -0.4 is 0 Å². The van der Waals surface area contributed by atoms with Gasteiger partial charge in [0.2, 0.25) is 10.0 Å². The average molecular weight is 293 g/mol. The zero-order chi connectivity index (χ0) is 14.8. The van der Waals surface area contributed by atoms with Crippen LogP contribution in [-0.4, -0.2) is 38.0 Å². The number of benzene rings is 1. The van der Waals surface area contributed by atoms with Crippen molar-refractivity contribution in [3.63, 3.8) is 0 Å². The van der Waals surface area contributed by atoms with Crippen LogP contribution in [0.4, 0.5) is 0 Å². The third kappa shape index (κ3) is 3.40. The maximum atomic E-state index is 12.6. The fraction of sp³-hybridized carbons (Fsp3) is 0.467. The Morgan fingerprint density at radius 1 is 1.40 bits per heavy atom. The van der Waals surface area contributed by atoms with Crippen molar-refractivity contribution in [3.05, 3.63) is 29.3 Å². The van der Waals surface area contributed by atoms with E-state index in [1.54, 1.807) is 32.2 Å². The first-order chi connectivity index (χ1) is 9.45. The molecule has 1 aliphatic rings. The van der Waals surface area contributed by atoms with Crippen molar-refractivity contribution < 1.29 is 13.5 Å². The van der Waals surface area contributed by atoms with Gasteiger partial charge in [-0.2, -0.15) is 0 Å². The van der Waals surface area contributed by atoms with Crippen molar-refractivity contribution in [2.45, 2.75) is 24.7 Å². The molecule has 5 heteroatoms. The summed E-state index contributed by atoms with van der Waals surface area (Å²) in [6.07, 6.45) is 2.22. The van der Waals surface area contributed by atoms with Gasteiger partial charge in [-0.1, -0.05) is 17.9 Å². The summed E-state index contributed by atoms with van der Waals surface area (Å²) in [4.78, 5) is 0.297. The molecule has 0 saturated heterocycles. The molecule has 1 fully saturated rings. The van der Waals surface area contributed by atoms with Gasteiger partial charge in [-0.3, -0.25) is 0 Å². The summed E-state index contributed by atoms with van der Waals surface area (Å²) in [5.41, 5.74) is 1.31. The lowest BCUT2D eigenvalue weighted by molar-refractivity contribution is 0.350. The summed E-state index contributed by atoms with van der Waals surface area (Å²) >= 11 is 0. The first-order valence-corrected chi connectivity index (χ1v) is 8.06. The summed E-state index contributed by atoms with van der Waals surface area (Å²) in [7, 11) is -1.85. The average Bonchev–Trinajstić information content (AvgIpc) is 3.21. The zero-order valence-electron chi connectivity index (χ0n) is 11.8. The molecule has 0 unspecified atom stereocenters. The van der Waals surface area contributed by atoms with Gasteiger partial charge in [0.05, 0.1) is 4.90 Å². The highest BCUT2D eigenvalue weighted by atomic mass is 32.2. The minimum absolute atomic E-state index is 0.239. The smallest absolute Gasteiger partial charge is 0.243 e. The van der Waals surface area contributed by atoms with E-state index in [1.165, 1.54) is 4.31 Å². The summed E-state index contributed by atoms with van der Waals surface area (Å²) in [6, 6.07) is 5.09. The fourth-order valence-electron chi connectivity index (χ4n) is 2.03. The number of aryl methyl sites for hydroxylation is 1. The van der Waals surface area contributed by atoms with Gasteiger partial charge in [-0.15, -0.1) is 0 Å². The van der Waals surface area contributed by atoms with Gasteiger partial charge < -0.3 is 5.11 Å². The number of sulfonamides is 1. The van der Waals surface area contributed by atoms with E-state index in [0.29, 0.717) is 28.5 Å². The van der Waals surface area contributed by atoms with Crippen LogP contribution in [0.2, 0.25) is 0 Å². The molecule has 0 bridgehead atoms. The van der Waals surface area contributed by atoms with E-state index >= 15 is 0 Å². The zero-order valence-corrected chi connectivity index (χ0v) is 12.6. The lowest BCUT2D eigenvalue weighted by Crippen LogP contribution is -2.29. The molecule has 0 atom stereocenters. The Hall–Kier alpha value is -1.35. The Bertz CT molecular complexity index is 651. The van der Waals surface area contributed by atoms with Gasteiger partial charge in [0, 0.05) is 19.2 Å². The minimum atomic E-state index is -3.47. The maximum Gasteiger partial charge on any atom is 0.243 e. The lowest BCUT2D eigenvalue weighted by Gasteiger charge is -2.18. The molecule has 0 aromatic heterocycles. The van der Waals surface area contributed by atoms with Gasteiger partial charge in [0.15, 0.2) is 0 Å². The van der Waals surface area contributed by atoms with Crippen molar-refractivity contribution in [1.29, 1.82) is 0 Å². The third-order valence-electron chi connectivity index (χ3n) is 3.40. The van der Waals surface area contributed by atoms with Crippen molar-refractivity contribution >= 4 is 10.0 Å². The molecule has 4 nitrogen and oxygen atoms in total. The first kappa shape index (κ1) is 15.0. The Balaban J connectivity index is 2.33. The van der Waals surface area contributed by atoms with E-state index in [0.717, 1.165) is 12.8 Å². The molecule has 0 spiro atoms. The van der Waals surface area contributed by atoms with E-state index in [-0.39, 0.29) is 6.61 Å². The molecular formula is C15H19NO3S. The van der Waals surface area contributed by atoms with E-state index < -0.39 is 10.0 Å². The molecule has 0 amide bonds. The Labute approximate surface area is 120 Å². The van der Waals surface area contributed by atoms with E-state index in [4.69, 9.17) is 5.11 Å². The molecule has 1 aromatic carbocycles. The fourth-order valence-corrected chi connectivity index (χ4v) is 3.52. The maximum absolute atomic E-state index is 12.6. The highest BCUT2D eigenvalue weighted by molar-refractivity contribution is 7.89. The second kappa shape index (κ2) is 5.96. The number of rotatable bonds is 4. The number of aliphatic hydroxyl groups is 1. The van der Waals surface area contributed by atoms with Crippen molar-refractivity contribution in [1.82, 2.24) is 4.31 Å². The van der Waals surface area contributed by atoms with Gasteiger partial charge in [0.25, 0.3) is 0 Å². The predicted molar refractivity (Wildman–Crippen MR) is 77.7 cm³/mol. The molecule has 108 valence electrons. The van der Waals surface area contributed by atoms with Crippen molar-refractivity contribution in [2.75, 3.05) is 20.2 Å². The topological polar surface area (TPSA) is 57.6 Å². The molecule has 0 radical (unpaired) electrons. The van der Waals surface area contributed by atoms with E-state index in [2.05, 4.69) is 11.8 Å². The largest absolute Gasteiger partial charge is 0.384 e. The molecule has 1 N–H and O–H groups in total. The number of hydrogen-bond donors (Lipinski definition) is 1. The molecule has 2 rings (SSSR count). The molecular weight excluding hydrogens is 274 g/mol. The summed E-state index contributed by atoms with van der Waals surface area (Å²) < 4.78 is 26.6. The molecule has 1 aromatic rings. The Morgan fingerprint density at radius 3 is 2.70 bits per heavy atom. The normalized spacial score (nSPS) is 15.0. The molecule has 0 aliphatic heterocycles. The van der Waals surface area contributed by atoms with Crippen LogP contribution in [0.25, 0.3) is 0 Å². The molecule has 1 aliphatic carbocycles. The number of nitrogens with zero attached hydrogens (tertiary/aromatic N) is 1. The van der Waals surface area contributed by atoms with E-state index in [1.807, 2.05) is 0 Å². The lowest BCUT2D eigenvalue weighted by atomic mass is 10.1. The van der Waals surface area contributed by atoms with Crippen molar-refractivity contribution in [2.24, 2.45) is 5.92 Å². The van der Waals surface area contributed by atoms with Crippen LogP contribution in [-0.2, 0) is 10.0 Å². The quantitative estimate of drug-likeness (QED) is 0.853. The van der Waals surface area contributed by atoms with Crippen LogP contribution in [0.1, 0.15) is 24.0 Å². The van der Waals surface area contributed by atoms with Gasteiger partial charge in [0.1, 0.15) is 6.61 Å². The molecule has 0 heterocycles. The van der Waals surface area contributed by atoms with E-state index in [9.17, 15) is 8.42 Å².